The first kappa shape index (κ1) is 13.0. The van der Waals surface area contributed by atoms with Crippen molar-refractivity contribution in [3.63, 3.8) is 0 Å². The molecule has 0 heterocycles. The molecule has 0 aromatic carbocycles. The smallest absolute Gasteiger partial charge is 0.0563 e. The zero-order valence-electron chi connectivity index (χ0n) is 10.7. The fourth-order valence-corrected chi connectivity index (χ4v) is 2.78. The fraction of sp³-hybridized carbons (Fsp3) is 1.00. The highest BCUT2D eigenvalue weighted by atomic mass is 16.3. The fourth-order valence-electron chi connectivity index (χ4n) is 2.78. The molecule has 1 rings (SSSR count). The van der Waals surface area contributed by atoms with Gasteiger partial charge in [-0.05, 0) is 37.0 Å². The second-order valence-corrected chi connectivity index (χ2v) is 5.70. The van der Waals surface area contributed by atoms with E-state index in [4.69, 9.17) is 0 Å². The topological polar surface area (TPSA) is 20.2 Å². The van der Waals surface area contributed by atoms with Gasteiger partial charge in [0.15, 0.2) is 0 Å². The molecule has 1 fully saturated rings. The molecule has 0 aromatic rings. The van der Waals surface area contributed by atoms with E-state index in [0.29, 0.717) is 5.92 Å². The molecule has 0 radical (unpaired) electrons. The summed E-state index contributed by atoms with van der Waals surface area (Å²) in [6.45, 7) is 6.54. The Hall–Kier alpha value is -0.0400. The van der Waals surface area contributed by atoms with Crippen LogP contribution in [0.3, 0.4) is 0 Å². The molecule has 1 heteroatoms. The summed E-state index contributed by atoms with van der Waals surface area (Å²) in [5.74, 6) is 2.30. The summed E-state index contributed by atoms with van der Waals surface area (Å²) in [6.07, 6.45) is 9.22. The molecule has 1 aliphatic carbocycles. The molecule has 0 spiro atoms. The van der Waals surface area contributed by atoms with Gasteiger partial charge in [0.1, 0.15) is 0 Å². The maximum absolute atomic E-state index is 9.78. The molecule has 0 bridgehead atoms. The first-order valence-electron chi connectivity index (χ1n) is 6.81. The lowest BCUT2D eigenvalue weighted by atomic mass is 9.77. The van der Waals surface area contributed by atoms with Crippen molar-refractivity contribution in [2.75, 3.05) is 0 Å². The van der Waals surface area contributed by atoms with E-state index in [1.807, 2.05) is 0 Å². The first-order valence-corrected chi connectivity index (χ1v) is 6.81. The molecule has 15 heavy (non-hydrogen) atoms. The van der Waals surface area contributed by atoms with Crippen LogP contribution in [0, 0.1) is 17.8 Å². The van der Waals surface area contributed by atoms with Crippen molar-refractivity contribution in [1.82, 2.24) is 0 Å². The Morgan fingerprint density at radius 2 is 1.87 bits per heavy atom. The van der Waals surface area contributed by atoms with E-state index in [9.17, 15) is 5.11 Å². The summed E-state index contributed by atoms with van der Waals surface area (Å²) in [4.78, 5) is 0. The summed E-state index contributed by atoms with van der Waals surface area (Å²) in [5.41, 5.74) is 0. The van der Waals surface area contributed by atoms with Gasteiger partial charge in [0.2, 0.25) is 0 Å². The Bertz CT molecular complexity index is 165. The van der Waals surface area contributed by atoms with Crippen molar-refractivity contribution in [2.24, 2.45) is 17.8 Å². The molecule has 3 atom stereocenters. The van der Waals surface area contributed by atoms with Gasteiger partial charge in [0.05, 0.1) is 6.10 Å². The molecule has 90 valence electrons. The molecule has 1 saturated carbocycles. The Kier molecular flexibility index (Phi) is 5.66. The maximum Gasteiger partial charge on any atom is 0.0563 e. The summed E-state index contributed by atoms with van der Waals surface area (Å²) in [7, 11) is 0. The van der Waals surface area contributed by atoms with E-state index >= 15 is 0 Å². The maximum atomic E-state index is 9.78. The van der Waals surface area contributed by atoms with Crippen LogP contribution in [0.1, 0.15) is 65.7 Å². The Labute approximate surface area is 95.3 Å². The Morgan fingerprint density at radius 1 is 1.20 bits per heavy atom. The third-order valence-corrected chi connectivity index (χ3v) is 4.11. The molecule has 1 N–H and O–H groups in total. The second-order valence-electron chi connectivity index (χ2n) is 5.70. The quantitative estimate of drug-likeness (QED) is 0.730. The van der Waals surface area contributed by atoms with Gasteiger partial charge in [-0.2, -0.15) is 0 Å². The molecule has 1 aliphatic rings. The van der Waals surface area contributed by atoms with E-state index in [-0.39, 0.29) is 6.10 Å². The summed E-state index contributed by atoms with van der Waals surface area (Å²) < 4.78 is 0. The Morgan fingerprint density at radius 3 is 2.47 bits per heavy atom. The molecule has 0 aromatic heterocycles. The standard InChI is InChI=1S/C14H28O/c1-4-12-6-5-7-13(10-12)8-9-14(15)11(2)3/h11-15H,4-10H2,1-3H3. The highest BCUT2D eigenvalue weighted by Gasteiger charge is 2.21. The van der Waals surface area contributed by atoms with E-state index in [0.717, 1.165) is 18.3 Å². The lowest BCUT2D eigenvalue weighted by molar-refractivity contribution is 0.102. The van der Waals surface area contributed by atoms with Gasteiger partial charge in [0.25, 0.3) is 0 Å². The molecule has 0 aliphatic heterocycles. The third-order valence-electron chi connectivity index (χ3n) is 4.11. The number of rotatable bonds is 5. The van der Waals surface area contributed by atoms with Crippen LogP contribution < -0.4 is 0 Å². The molecule has 0 saturated heterocycles. The van der Waals surface area contributed by atoms with Gasteiger partial charge in [-0.1, -0.05) is 46.5 Å². The van der Waals surface area contributed by atoms with Gasteiger partial charge in [-0.25, -0.2) is 0 Å². The van der Waals surface area contributed by atoms with Crippen molar-refractivity contribution in [3.05, 3.63) is 0 Å². The van der Waals surface area contributed by atoms with Crippen LogP contribution in [0.4, 0.5) is 0 Å². The minimum absolute atomic E-state index is 0.0768. The van der Waals surface area contributed by atoms with Crippen LogP contribution in [-0.2, 0) is 0 Å². The summed E-state index contributed by atoms with van der Waals surface area (Å²) >= 11 is 0. The van der Waals surface area contributed by atoms with E-state index in [1.165, 1.54) is 38.5 Å². The Balaban J connectivity index is 2.20. The number of hydrogen-bond acceptors (Lipinski definition) is 1. The molecule has 0 amide bonds. The van der Waals surface area contributed by atoms with Crippen molar-refractivity contribution in [2.45, 2.75) is 71.8 Å². The summed E-state index contributed by atoms with van der Waals surface area (Å²) in [5, 5.41) is 9.78. The first-order chi connectivity index (χ1) is 7.13. The van der Waals surface area contributed by atoms with E-state index in [1.54, 1.807) is 0 Å². The van der Waals surface area contributed by atoms with Crippen molar-refractivity contribution < 1.29 is 5.11 Å². The predicted molar refractivity (Wildman–Crippen MR) is 65.8 cm³/mol. The van der Waals surface area contributed by atoms with Crippen LogP contribution >= 0.6 is 0 Å². The molecular formula is C14H28O. The number of aliphatic hydroxyl groups is 1. The minimum Gasteiger partial charge on any atom is -0.393 e. The monoisotopic (exact) mass is 212 g/mol. The van der Waals surface area contributed by atoms with Gasteiger partial charge in [-0.3, -0.25) is 0 Å². The van der Waals surface area contributed by atoms with Gasteiger partial charge in [0, 0.05) is 0 Å². The lowest BCUT2D eigenvalue weighted by Crippen LogP contribution is -2.19. The zero-order valence-corrected chi connectivity index (χ0v) is 10.7. The summed E-state index contributed by atoms with van der Waals surface area (Å²) in [6, 6.07) is 0. The van der Waals surface area contributed by atoms with E-state index in [2.05, 4.69) is 20.8 Å². The van der Waals surface area contributed by atoms with Gasteiger partial charge >= 0.3 is 0 Å². The molecule has 1 nitrogen and oxygen atoms in total. The van der Waals surface area contributed by atoms with Crippen LogP contribution in [0.2, 0.25) is 0 Å². The normalized spacial score (nSPS) is 29.4. The number of aliphatic hydroxyl groups excluding tert-OH is 1. The second kappa shape index (κ2) is 6.52. The average molecular weight is 212 g/mol. The highest BCUT2D eigenvalue weighted by molar-refractivity contribution is 4.74. The number of hydrogen-bond donors (Lipinski definition) is 1. The average Bonchev–Trinajstić information content (AvgIpc) is 2.26. The highest BCUT2D eigenvalue weighted by Crippen LogP contribution is 2.34. The van der Waals surface area contributed by atoms with Crippen molar-refractivity contribution in [3.8, 4) is 0 Å². The van der Waals surface area contributed by atoms with Crippen molar-refractivity contribution in [1.29, 1.82) is 0 Å². The third kappa shape index (κ3) is 4.55. The largest absolute Gasteiger partial charge is 0.393 e. The van der Waals surface area contributed by atoms with Crippen LogP contribution in [0.5, 0.6) is 0 Å². The minimum atomic E-state index is -0.0768. The lowest BCUT2D eigenvalue weighted by Gasteiger charge is -2.29. The predicted octanol–water partition coefficient (Wildman–Crippen LogP) is 4.00. The SMILES string of the molecule is CCC1CCCC(CCC(O)C(C)C)C1. The van der Waals surface area contributed by atoms with Gasteiger partial charge < -0.3 is 5.11 Å². The van der Waals surface area contributed by atoms with Crippen LogP contribution in [0.15, 0.2) is 0 Å². The molecule has 3 unspecified atom stereocenters. The van der Waals surface area contributed by atoms with Crippen LogP contribution in [-0.4, -0.2) is 11.2 Å². The van der Waals surface area contributed by atoms with Crippen LogP contribution in [0.25, 0.3) is 0 Å². The van der Waals surface area contributed by atoms with Gasteiger partial charge in [-0.15, -0.1) is 0 Å². The molecular weight excluding hydrogens is 184 g/mol. The van der Waals surface area contributed by atoms with Crippen molar-refractivity contribution >= 4 is 0 Å². The zero-order chi connectivity index (χ0) is 11.3. The van der Waals surface area contributed by atoms with E-state index < -0.39 is 0 Å².